The normalized spacial score (nSPS) is 9.78. The summed E-state index contributed by atoms with van der Waals surface area (Å²) in [6, 6.07) is 3.64. The van der Waals surface area contributed by atoms with Crippen molar-refractivity contribution in [2.45, 2.75) is 0 Å². The van der Waals surface area contributed by atoms with Gasteiger partial charge < -0.3 is 0 Å². The van der Waals surface area contributed by atoms with Crippen molar-refractivity contribution in [1.82, 2.24) is 9.88 Å². The van der Waals surface area contributed by atoms with Crippen LogP contribution in [-0.2, 0) is 0 Å². The quantitative estimate of drug-likeness (QED) is 0.507. The number of rotatable bonds is 0. The number of fused-ring (bicyclic) bond motifs is 1. The molecule has 2 heterocycles. The second kappa shape index (κ2) is 1.65. The summed E-state index contributed by atoms with van der Waals surface area (Å²) in [7, 11) is 1.39. The van der Waals surface area contributed by atoms with Crippen LogP contribution in [0.5, 0.6) is 0 Å². The Labute approximate surface area is 52.0 Å². The zero-order valence-electron chi connectivity index (χ0n) is 4.61. The van der Waals surface area contributed by atoms with Crippen LogP contribution in [0, 0.1) is 0 Å². The molecular weight excluding hydrogens is 115 g/mol. The first kappa shape index (κ1) is 4.67. The standard InChI is InChI=1S/C5H3BN2O/c1-2-4-5(7-3-1)8-6-9-4/h1-3H. The van der Waals surface area contributed by atoms with Crippen molar-refractivity contribution in [3.63, 3.8) is 0 Å². The van der Waals surface area contributed by atoms with Crippen LogP contribution in [-0.4, -0.2) is 17.1 Å². The molecule has 0 atom stereocenters. The third-order valence-electron chi connectivity index (χ3n) is 1.11. The molecule has 0 bridgehead atoms. The maximum atomic E-state index is 4.94. The van der Waals surface area contributed by atoms with E-state index in [9.17, 15) is 0 Å². The Hall–Kier alpha value is -1.19. The monoisotopic (exact) mass is 118 g/mol. The molecule has 0 N–H and O–H groups in total. The molecule has 0 saturated carbocycles. The maximum absolute atomic E-state index is 4.94. The summed E-state index contributed by atoms with van der Waals surface area (Å²) in [6.45, 7) is 0. The summed E-state index contributed by atoms with van der Waals surface area (Å²) in [6.07, 6.45) is 1.69. The fourth-order valence-electron chi connectivity index (χ4n) is 0.704. The summed E-state index contributed by atoms with van der Waals surface area (Å²) >= 11 is 0. The summed E-state index contributed by atoms with van der Waals surface area (Å²) in [5.74, 6) is 0. The second-order valence-electron chi connectivity index (χ2n) is 1.68. The number of aromatic nitrogens is 2. The summed E-state index contributed by atoms with van der Waals surface area (Å²) in [4.78, 5) is 7.78. The molecule has 42 valence electrons. The molecule has 0 fully saturated rings. The zero-order valence-corrected chi connectivity index (χ0v) is 4.61. The third kappa shape index (κ3) is 0.632. The van der Waals surface area contributed by atoms with Gasteiger partial charge in [0.05, 0.1) is 0 Å². The predicted molar refractivity (Wildman–Crippen MR) is 33.2 cm³/mol. The number of pyridine rings is 1. The van der Waals surface area contributed by atoms with Gasteiger partial charge in [0.2, 0.25) is 0 Å². The molecule has 2 aromatic heterocycles. The molecule has 0 unspecified atom stereocenters. The van der Waals surface area contributed by atoms with Gasteiger partial charge in [0, 0.05) is 0 Å². The minimum atomic E-state index is 0.664. The number of hydrogen-bond donors (Lipinski definition) is 0. The van der Waals surface area contributed by atoms with Crippen molar-refractivity contribution in [1.29, 1.82) is 0 Å². The Balaban J connectivity index is 2.95. The van der Waals surface area contributed by atoms with Gasteiger partial charge in [-0.05, 0) is 0 Å². The predicted octanol–water partition coefficient (Wildman–Crippen LogP) is 0.561. The topological polar surface area (TPSA) is 38.9 Å². The Morgan fingerprint density at radius 2 is 2.56 bits per heavy atom. The molecule has 0 aliphatic rings. The van der Waals surface area contributed by atoms with Gasteiger partial charge in [-0.3, -0.25) is 0 Å². The van der Waals surface area contributed by atoms with Crippen LogP contribution in [0.1, 0.15) is 0 Å². The van der Waals surface area contributed by atoms with E-state index in [0.29, 0.717) is 5.65 Å². The van der Waals surface area contributed by atoms with E-state index in [1.165, 1.54) is 7.27 Å². The van der Waals surface area contributed by atoms with E-state index >= 15 is 0 Å². The van der Waals surface area contributed by atoms with Crippen LogP contribution in [0.3, 0.4) is 0 Å². The second-order valence-corrected chi connectivity index (χ2v) is 1.68. The molecule has 9 heavy (non-hydrogen) atoms. The van der Waals surface area contributed by atoms with Crippen LogP contribution in [0.25, 0.3) is 11.2 Å². The van der Waals surface area contributed by atoms with E-state index in [0.717, 1.165) is 5.58 Å². The first-order valence-corrected chi connectivity index (χ1v) is 2.61. The van der Waals surface area contributed by atoms with Crippen LogP contribution in [0.4, 0.5) is 0 Å². The van der Waals surface area contributed by atoms with Gasteiger partial charge >= 0.3 is 51.0 Å². The van der Waals surface area contributed by atoms with Gasteiger partial charge in [-0.25, -0.2) is 0 Å². The molecule has 4 heteroatoms. The molecule has 0 spiro atoms. The zero-order chi connectivity index (χ0) is 6.10. The SMILES string of the molecule is b1nc2ncccc2o1. The molecule has 0 radical (unpaired) electrons. The van der Waals surface area contributed by atoms with E-state index in [2.05, 4.69) is 9.88 Å². The molecular formula is C5H3BN2O. The fourth-order valence-corrected chi connectivity index (χ4v) is 0.704. The van der Waals surface area contributed by atoms with Gasteiger partial charge in [-0.15, -0.1) is 0 Å². The first-order chi connectivity index (χ1) is 4.47. The molecule has 2 rings (SSSR count). The molecule has 0 aliphatic carbocycles. The van der Waals surface area contributed by atoms with Crippen LogP contribution >= 0.6 is 0 Å². The molecule has 0 aromatic carbocycles. The van der Waals surface area contributed by atoms with Crippen molar-refractivity contribution in [3.05, 3.63) is 18.3 Å². The van der Waals surface area contributed by atoms with Gasteiger partial charge in [0.1, 0.15) is 0 Å². The van der Waals surface area contributed by atoms with Crippen molar-refractivity contribution in [2.75, 3.05) is 0 Å². The molecule has 0 saturated heterocycles. The molecule has 0 amide bonds. The van der Waals surface area contributed by atoms with Crippen molar-refractivity contribution >= 4 is 18.5 Å². The average Bonchev–Trinajstić information content (AvgIpc) is 2.33. The van der Waals surface area contributed by atoms with E-state index in [-0.39, 0.29) is 0 Å². The number of hydrogen-bond acceptors (Lipinski definition) is 3. The molecule has 2 aromatic rings. The summed E-state index contributed by atoms with van der Waals surface area (Å²) < 4.78 is 4.94. The van der Waals surface area contributed by atoms with Gasteiger partial charge in [0.25, 0.3) is 0 Å². The van der Waals surface area contributed by atoms with Crippen molar-refractivity contribution in [3.8, 4) is 0 Å². The summed E-state index contributed by atoms with van der Waals surface area (Å²) in [5.41, 5.74) is 1.40. The Morgan fingerprint density at radius 3 is 3.44 bits per heavy atom. The first-order valence-electron chi connectivity index (χ1n) is 2.61. The van der Waals surface area contributed by atoms with E-state index in [4.69, 9.17) is 4.33 Å². The van der Waals surface area contributed by atoms with E-state index in [1.54, 1.807) is 6.20 Å². The average molecular weight is 118 g/mol. The van der Waals surface area contributed by atoms with Crippen molar-refractivity contribution in [2.24, 2.45) is 0 Å². The van der Waals surface area contributed by atoms with Crippen LogP contribution in [0.15, 0.2) is 22.7 Å². The summed E-state index contributed by atoms with van der Waals surface area (Å²) in [5, 5.41) is 0. The Bertz CT molecular complexity index is 289. The number of nitrogens with zero attached hydrogens (tertiary/aromatic N) is 2. The van der Waals surface area contributed by atoms with Gasteiger partial charge in [-0.2, -0.15) is 0 Å². The van der Waals surface area contributed by atoms with Crippen LogP contribution in [0.2, 0.25) is 0 Å². The van der Waals surface area contributed by atoms with E-state index in [1.807, 2.05) is 12.1 Å². The fraction of sp³-hybridized carbons (Fsp3) is 0. The van der Waals surface area contributed by atoms with Crippen LogP contribution < -0.4 is 0 Å². The minimum absolute atomic E-state index is 0.664. The van der Waals surface area contributed by atoms with Gasteiger partial charge in [0.15, 0.2) is 0 Å². The van der Waals surface area contributed by atoms with Crippen molar-refractivity contribution < 1.29 is 4.33 Å². The Morgan fingerprint density at radius 1 is 1.56 bits per heavy atom. The Kier molecular flexibility index (Phi) is 0.857. The van der Waals surface area contributed by atoms with Gasteiger partial charge in [-0.1, -0.05) is 0 Å². The van der Waals surface area contributed by atoms with E-state index < -0.39 is 0 Å². The third-order valence-corrected chi connectivity index (χ3v) is 1.11. The molecule has 3 nitrogen and oxygen atoms in total. The molecule has 0 aliphatic heterocycles.